The van der Waals surface area contributed by atoms with Gasteiger partial charge in [0.05, 0.1) is 11.3 Å². The van der Waals surface area contributed by atoms with Crippen LogP contribution in [0.25, 0.3) is 5.69 Å². The average molecular weight is 394 g/mol. The van der Waals surface area contributed by atoms with Gasteiger partial charge in [0.2, 0.25) is 5.43 Å². The minimum absolute atomic E-state index is 0.00760. The number of likely N-dealkylation sites (tertiary alicyclic amines) is 1. The molecule has 0 bridgehead atoms. The van der Waals surface area contributed by atoms with E-state index in [2.05, 4.69) is 5.10 Å². The first-order chi connectivity index (χ1) is 13.1. The summed E-state index contributed by atoms with van der Waals surface area (Å²) in [4.78, 5) is 26.8. The molecule has 28 heavy (non-hydrogen) atoms. The summed E-state index contributed by atoms with van der Waals surface area (Å²) >= 11 is 0. The molecule has 1 amide bonds. The van der Waals surface area contributed by atoms with Crippen LogP contribution in [0.4, 0.5) is 13.2 Å². The van der Waals surface area contributed by atoms with Crippen LogP contribution in [-0.2, 0) is 6.18 Å². The molecule has 2 aromatic rings. The molecule has 3 rings (SSSR count). The Balaban J connectivity index is 2.02. The third-order valence-corrected chi connectivity index (χ3v) is 4.91. The molecule has 6 nitrogen and oxygen atoms in total. The minimum atomic E-state index is -4.51. The molecule has 0 radical (unpaired) electrons. The fraction of sp³-hybridized carbons (Fsp3) is 0.421. The Morgan fingerprint density at radius 2 is 2.00 bits per heavy atom. The van der Waals surface area contributed by atoms with Crippen molar-refractivity contribution in [2.75, 3.05) is 6.54 Å². The van der Waals surface area contributed by atoms with Gasteiger partial charge in [-0.1, -0.05) is 6.07 Å². The largest absolute Gasteiger partial charge is 0.416 e. The van der Waals surface area contributed by atoms with Crippen LogP contribution < -0.4 is 11.2 Å². The molecule has 0 spiro atoms. The molecule has 0 unspecified atom stereocenters. The normalized spacial score (nSPS) is 20.3. The molecule has 9 heteroatoms. The van der Waals surface area contributed by atoms with Crippen LogP contribution in [-0.4, -0.2) is 39.2 Å². The van der Waals surface area contributed by atoms with E-state index in [1.54, 1.807) is 11.8 Å². The smallest absolute Gasteiger partial charge is 0.334 e. The first-order valence-electron chi connectivity index (χ1n) is 8.93. The van der Waals surface area contributed by atoms with Crippen molar-refractivity contribution >= 4 is 5.91 Å². The molecule has 1 aromatic carbocycles. The first-order valence-corrected chi connectivity index (χ1v) is 8.93. The van der Waals surface area contributed by atoms with Gasteiger partial charge < -0.3 is 10.6 Å². The number of piperidine rings is 1. The number of hydrogen-bond acceptors (Lipinski definition) is 4. The third kappa shape index (κ3) is 3.94. The van der Waals surface area contributed by atoms with Crippen molar-refractivity contribution in [1.82, 2.24) is 14.7 Å². The lowest BCUT2D eigenvalue weighted by Crippen LogP contribution is -2.49. The number of nitrogens with two attached hydrogens (primary N) is 1. The summed E-state index contributed by atoms with van der Waals surface area (Å²) in [5.74, 6) is -0.537. The molecule has 2 atom stereocenters. The summed E-state index contributed by atoms with van der Waals surface area (Å²) in [6.07, 6.45) is -3.28. The van der Waals surface area contributed by atoms with Gasteiger partial charge in [-0.15, -0.1) is 0 Å². The highest BCUT2D eigenvalue weighted by atomic mass is 19.4. The zero-order chi connectivity index (χ0) is 20.6. The van der Waals surface area contributed by atoms with Gasteiger partial charge in [-0.3, -0.25) is 9.59 Å². The number of amides is 1. The number of aryl methyl sites for hydroxylation is 1. The van der Waals surface area contributed by atoms with Crippen molar-refractivity contribution < 1.29 is 18.0 Å². The number of rotatable bonds is 2. The van der Waals surface area contributed by atoms with Crippen LogP contribution in [0.15, 0.2) is 35.1 Å². The van der Waals surface area contributed by atoms with Crippen molar-refractivity contribution in [3.8, 4) is 5.69 Å². The minimum Gasteiger partial charge on any atom is -0.334 e. The monoisotopic (exact) mass is 394 g/mol. The average Bonchev–Trinajstić information content (AvgIpc) is 2.61. The van der Waals surface area contributed by atoms with Gasteiger partial charge in [-0.05, 0) is 44.9 Å². The van der Waals surface area contributed by atoms with Gasteiger partial charge in [0.15, 0.2) is 5.69 Å². The molecular weight excluding hydrogens is 373 g/mol. The molecule has 0 saturated carbocycles. The molecule has 150 valence electrons. The summed E-state index contributed by atoms with van der Waals surface area (Å²) < 4.78 is 40.3. The number of benzene rings is 1. The highest BCUT2D eigenvalue weighted by Crippen LogP contribution is 2.30. The van der Waals surface area contributed by atoms with Gasteiger partial charge in [-0.25, -0.2) is 4.68 Å². The third-order valence-electron chi connectivity index (χ3n) is 4.91. The van der Waals surface area contributed by atoms with E-state index in [-0.39, 0.29) is 23.5 Å². The molecule has 1 aliphatic heterocycles. The Morgan fingerprint density at radius 3 is 2.64 bits per heavy atom. The van der Waals surface area contributed by atoms with Crippen molar-refractivity contribution in [1.29, 1.82) is 0 Å². The number of carbonyl (C=O) groups excluding carboxylic acids is 1. The van der Waals surface area contributed by atoms with E-state index in [0.717, 1.165) is 12.1 Å². The number of alkyl halides is 3. The fourth-order valence-electron chi connectivity index (χ4n) is 3.42. The molecule has 2 heterocycles. The zero-order valence-electron chi connectivity index (χ0n) is 15.5. The van der Waals surface area contributed by atoms with Gasteiger partial charge in [0, 0.05) is 30.4 Å². The molecule has 2 N–H and O–H groups in total. The van der Waals surface area contributed by atoms with Crippen molar-refractivity contribution in [3.63, 3.8) is 0 Å². The quantitative estimate of drug-likeness (QED) is 0.849. The Hall–Kier alpha value is -2.68. The molecule has 1 fully saturated rings. The fourth-order valence-corrected chi connectivity index (χ4v) is 3.42. The summed E-state index contributed by atoms with van der Waals surface area (Å²) in [6.45, 7) is 3.79. The van der Waals surface area contributed by atoms with Crippen LogP contribution in [0.3, 0.4) is 0 Å². The van der Waals surface area contributed by atoms with Gasteiger partial charge in [0.1, 0.15) is 0 Å². The zero-order valence-corrected chi connectivity index (χ0v) is 15.5. The second-order valence-electron chi connectivity index (χ2n) is 7.09. The van der Waals surface area contributed by atoms with Crippen molar-refractivity contribution in [3.05, 3.63) is 57.5 Å². The topological polar surface area (TPSA) is 81.2 Å². The van der Waals surface area contributed by atoms with Crippen LogP contribution in [0, 0.1) is 6.92 Å². The van der Waals surface area contributed by atoms with Crippen LogP contribution in [0.1, 0.15) is 41.5 Å². The molecule has 1 aliphatic rings. The lowest BCUT2D eigenvalue weighted by molar-refractivity contribution is -0.137. The summed E-state index contributed by atoms with van der Waals surface area (Å²) in [5, 5.41) is 4.11. The maximum Gasteiger partial charge on any atom is 0.416 e. The van der Waals surface area contributed by atoms with E-state index < -0.39 is 23.1 Å². The summed E-state index contributed by atoms with van der Waals surface area (Å²) in [5.41, 5.74) is 4.65. The summed E-state index contributed by atoms with van der Waals surface area (Å²) in [6, 6.07) is 5.63. The van der Waals surface area contributed by atoms with E-state index in [4.69, 9.17) is 5.73 Å². The molecular formula is C19H21F3N4O2. The second-order valence-corrected chi connectivity index (χ2v) is 7.09. The standard InChI is InChI=1S/C19H21F3N4O2/c1-11-8-14(23)6-7-25(11)18(28)17-16(27)9-12(2)26(24-17)15-5-3-4-13(10-15)19(20,21)22/h3-5,9-11,14H,6-8,23H2,1-2H3/t11-,14+/m0/s1. The highest BCUT2D eigenvalue weighted by Gasteiger charge is 2.32. The van der Waals surface area contributed by atoms with E-state index in [9.17, 15) is 22.8 Å². The maximum absolute atomic E-state index is 13.0. The maximum atomic E-state index is 13.0. The predicted octanol–water partition coefficient (Wildman–Crippen LogP) is 2.51. The SMILES string of the molecule is Cc1cc(=O)c(C(=O)N2CC[C@@H](N)C[C@@H]2C)nn1-c1cccc(C(F)(F)F)c1. The molecule has 0 aliphatic carbocycles. The summed E-state index contributed by atoms with van der Waals surface area (Å²) in [7, 11) is 0. The van der Waals surface area contributed by atoms with Crippen LogP contribution in [0.2, 0.25) is 0 Å². The Kier molecular flexibility index (Phi) is 5.29. The number of halogens is 3. The number of aromatic nitrogens is 2. The van der Waals surface area contributed by atoms with Gasteiger partial charge in [-0.2, -0.15) is 18.3 Å². The predicted molar refractivity (Wildman–Crippen MR) is 97.3 cm³/mol. The Labute approximate surface area is 159 Å². The number of carbonyl (C=O) groups is 1. The lowest BCUT2D eigenvalue weighted by atomic mass is 9.99. The van der Waals surface area contributed by atoms with Crippen molar-refractivity contribution in [2.45, 2.75) is 44.9 Å². The first kappa shape index (κ1) is 20.1. The Morgan fingerprint density at radius 1 is 1.29 bits per heavy atom. The van der Waals surface area contributed by atoms with Crippen LogP contribution in [0.5, 0.6) is 0 Å². The second kappa shape index (κ2) is 7.38. The van der Waals surface area contributed by atoms with E-state index in [1.165, 1.54) is 22.9 Å². The van der Waals surface area contributed by atoms with E-state index in [0.29, 0.717) is 25.1 Å². The van der Waals surface area contributed by atoms with Gasteiger partial charge in [0.25, 0.3) is 5.91 Å². The number of nitrogens with zero attached hydrogens (tertiary/aromatic N) is 3. The van der Waals surface area contributed by atoms with Gasteiger partial charge >= 0.3 is 6.18 Å². The number of hydrogen-bond donors (Lipinski definition) is 1. The van der Waals surface area contributed by atoms with Crippen molar-refractivity contribution in [2.24, 2.45) is 5.73 Å². The van der Waals surface area contributed by atoms with Crippen LogP contribution >= 0.6 is 0 Å². The van der Waals surface area contributed by atoms with E-state index in [1.807, 2.05) is 6.92 Å². The Bertz CT molecular complexity index is 955. The van der Waals surface area contributed by atoms with E-state index >= 15 is 0 Å². The molecule has 1 aromatic heterocycles. The lowest BCUT2D eigenvalue weighted by Gasteiger charge is -2.36. The molecule has 1 saturated heterocycles. The highest BCUT2D eigenvalue weighted by molar-refractivity contribution is 5.92.